The summed E-state index contributed by atoms with van der Waals surface area (Å²) in [5.74, 6) is -0.809. The van der Waals surface area contributed by atoms with Gasteiger partial charge in [-0.25, -0.2) is 18.2 Å². The lowest BCUT2D eigenvalue weighted by Gasteiger charge is -2.03. The van der Waals surface area contributed by atoms with E-state index in [4.69, 9.17) is 11.6 Å². The van der Waals surface area contributed by atoms with E-state index in [9.17, 15) is 13.2 Å². The zero-order valence-electron chi connectivity index (χ0n) is 9.55. The Labute approximate surface area is 108 Å². The number of carbonyl (C=O) groups is 1. The van der Waals surface area contributed by atoms with Gasteiger partial charge in [0.15, 0.2) is 20.6 Å². The molecule has 0 aliphatic rings. The van der Waals surface area contributed by atoms with Crippen LogP contribution < -0.4 is 0 Å². The zero-order valence-corrected chi connectivity index (χ0v) is 11.1. The minimum atomic E-state index is -3.66. The molecule has 0 aliphatic heterocycles. The van der Waals surface area contributed by atoms with E-state index < -0.39 is 15.8 Å². The maximum Gasteiger partial charge on any atom is 0.358 e. The Morgan fingerprint density at radius 3 is 2.67 bits per heavy atom. The number of rotatable bonds is 2. The van der Waals surface area contributed by atoms with Crippen LogP contribution >= 0.6 is 11.6 Å². The van der Waals surface area contributed by atoms with Crippen LogP contribution in [-0.2, 0) is 14.6 Å². The highest BCUT2D eigenvalue weighted by atomic mass is 35.5. The first-order valence-electron chi connectivity index (χ1n) is 4.81. The van der Waals surface area contributed by atoms with Gasteiger partial charge >= 0.3 is 5.97 Å². The van der Waals surface area contributed by atoms with Crippen molar-refractivity contribution in [3.05, 3.63) is 29.0 Å². The summed E-state index contributed by atoms with van der Waals surface area (Å²) in [5, 5.41) is -0.169. The molecule has 0 aromatic carbocycles. The molecular formula is C10H9ClN2O4S. The monoisotopic (exact) mass is 288 g/mol. The number of pyridine rings is 1. The Morgan fingerprint density at radius 1 is 1.44 bits per heavy atom. The molecule has 0 saturated carbocycles. The average Bonchev–Trinajstić information content (AvgIpc) is 2.68. The number of ether oxygens (including phenoxy) is 1. The number of fused-ring (bicyclic) bond motifs is 1. The largest absolute Gasteiger partial charge is 0.464 e. The van der Waals surface area contributed by atoms with E-state index in [-0.39, 0.29) is 21.5 Å². The lowest BCUT2D eigenvalue weighted by atomic mass is 10.4. The topological polar surface area (TPSA) is 77.7 Å². The smallest absolute Gasteiger partial charge is 0.358 e. The van der Waals surface area contributed by atoms with Crippen LogP contribution in [0.25, 0.3) is 5.65 Å². The molecule has 0 atom stereocenters. The van der Waals surface area contributed by atoms with Crippen LogP contribution in [0, 0.1) is 0 Å². The molecule has 6 nitrogen and oxygen atoms in total. The van der Waals surface area contributed by atoms with Crippen molar-refractivity contribution in [2.75, 3.05) is 13.4 Å². The number of sulfone groups is 1. The molecule has 2 aromatic heterocycles. The van der Waals surface area contributed by atoms with Crippen LogP contribution in [0.3, 0.4) is 0 Å². The molecule has 0 N–H and O–H groups in total. The van der Waals surface area contributed by atoms with E-state index in [2.05, 4.69) is 9.72 Å². The summed E-state index contributed by atoms with van der Waals surface area (Å²) in [6.07, 6.45) is 0.967. The van der Waals surface area contributed by atoms with E-state index in [1.807, 2.05) is 0 Å². The third-order valence-electron chi connectivity index (χ3n) is 2.29. The van der Waals surface area contributed by atoms with Crippen molar-refractivity contribution in [3.63, 3.8) is 0 Å². The van der Waals surface area contributed by atoms with Crippen LogP contribution in [0.2, 0.25) is 5.15 Å². The summed E-state index contributed by atoms with van der Waals surface area (Å²) in [5.41, 5.74) is 0.0731. The van der Waals surface area contributed by atoms with Gasteiger partial charge in [-0.15, -0.1) is 0 Å². The molecule has 0 fully saturated rings. The minimum Gasteiger partial charge on any atom is -0.464 e. The first-order valence-corrected chi connectivity index (χ1v) is 7.08. The third kappa shape index (κ3) is 1.95. The first-order chi connectivity index (χ1) is 8.36. The molecule has 0 bridgehead atoms. The van der Waals surface area contributed by atoms with Crippen LogP contribution in [0.5, 0.6) is 0 Å². The van der Waals surface area contributed by atoms with Gasteiger partial charge in [-0.1, -0.05) is 17.7 Å². The van der Waals surface area contributed by atoms with Crippen LogP contribution in [0.15, 0.2) is 23.2 Å². The van der Waals surface area contributed by atoms with Gasteiger partial charge in [0, 0.05) is 6.26 Å². The van der Waals surface area contributed by atoms with Crippen molar-refractivity contribution < 1.29 is 17.9 Å². The predicted molar refractivity (Wildman–Crippen MR) is 64.7 cm³/mol. The molecule has 2 heterocycles. The van der Waals surface area contributed by atoms with E-state index >= 15 is 0 Å². The van der Waals surface area contributed by atoms with E-state index in [1.165, 1.54) is 10.5 Å². The molecule has 96 valence electrons. The lowest BCUT2D eigenvalue weighted by molar-refractivity contribution is 0.0588. The molecule has 2 rings (SSSR count). The molecular weight excluding hydrogens is 280 g/mol. The number of nitrogens with zero attached hydrogens (tertiary/aromatic N) is 2. The Kier molecular flexibility index (Phi) is 3.04. The van der Waals surface area contributed by atoms with Gasteiger partial charge in [-0.3, -0.25) is 4.40 Å². The normalized spacial score (nSPS) is 11.7. The fourth-order valence-corrected chi connectivity index (χ4v) is 2.60. The second-order valence-corrected chi connectivity index (χ2v) is 5.89. The fourth-order valence-electron chi connectivity index (χ4n) is 1.57. The van der Waals surface area contributed by atoms with Gasteiger partial charge in [-0.2, -0.15) is 0 Å². The number of halogens is 1. The molecule has 0 unspecified atom stereocenters. The minimum absolute atomic E-state index is 0.176. The lowest BCUT2D eigenvalue weighted by Crippen LogP contribution is -2.11. The maximum atomic E-state index is 11.7. The highest BCUT2D eigenvalue weighted by Crippen LogP contribution is 2.22. The SMILES string of the molecule is COC(=O)c1c(S(C)(=O)=O)nc2cccc(Cl)n12. The molecule has 0 saturated heterocycles. The summed E-state index contributed by atoms with van der Waals surface area (Å²) in [6.45, 7) is 0. The number of hydrogen-bond acceptors (Lipinski definition) is 5. The second-order valence-electron chi connectivity index (χ2n) is 3.57. The summed E-state index contributed by atoms with van der Waals surface area (Å²) >= 11 is 5.95. The molecule has 18 heavy (non-hydrogen) atoms. The predicted octanol–water partition coefficient (Wildman–Crippen LogP) is 1.18. The third-order valence-corrected chi connectivity index (χ3v) is 3.58. The zero-order chi connectivity index (χ0) is 13.5. The van der Waals surface area contributed by atoms with Crippen LogP contribution in [0.4, 0.5) is 0 Å². The summed E-state index contributed by atoms with van der Waals surface area (Å²) < 4.78 is 29.1. The summed E-state index contributed by atoms with van der Waals surface area (Å²) in [7, 11) is -2.50. The Bertz CT molecular complexity index is 736. The summed E-state index contributed by atoms with van der Waals surface area (Å²) in [6, 6.07) is 4.68. The van der Waals surface area contributed by atoms with Gasteiger partial charge in [0.2, 0.25) is 0 Å². The van der Waals surface area contributed by atoms with Crippen molar-refractivity contribution in [3.8, 4) is 0 Å². The Balaban J connectivity index is 2.96. The number of esters is 1. The molecule has 0 aliphatic carbocycles. The average molecular weight is 289 g/mol. The molecule has 0 amide bonds. The standard InChI is InChI=1S/C10H9ClN2O4S/c1-17-10(14)8-9(18(2,15)16)12-7-5-3-4-6(11)13(7)8/h3-5H,1-2H3. The van der Waals surface area contributed by atoms with Crippen molar-refractivity contribution in [1.29, 1.82) is 0 Å². The number of carbonyl (C=O) groups excluding carboxylic acids is 1. The highest BCUT2D eigenvalue weighted by Gasteiger charge is 2.27. The van der Waals surface area contributed by atoms with Crippen molar-refractivity contribution >= 4 is 33.1 Å². The first kappa shape index (κ1) is 12.8. The van der Waals surface area contributed by atoms with Gasteiger partial charge in [0.1, 0.15) is 10.8 Å². The quantitative estimate of drug-likeness (QED) is 0.612. The number of imidazole rings is 1. The molecule has 0 spiro atoms. The second kappa shape index (κ2) is 4.25. The number of aromatic nitrogens is 2. The van der Waals surface area contributed by atoms with Gasteiger partial charge in [0.05, 0.1) is 7.11 Å². The van der Waals surface area contributed by atoms with Crippen LogP contribution in [0.1, 0.15) is 10.5 Å². The maximum absolute atomic E-state index is 11.7. The van der Waals surface area contributed by atoms with E-state index in [1.54, 1.807) is 12.1 Å². The Hall–Kier alpha value is -1.60. The van der Waals surface area contributed by atoms with Crippen molar-refractivity contribution in [1.82, 2.24) is 9.38 Å². The molecule has 0 radical (unpaired) electrons. The Morgan fingerprint density at radius 2 is 2.11 bits per heavy atom. The molecule has 8 heteroatoms. The summed E-state index contributed by atoms with van der Waals surface area (Å²) in [4.78, 5) is 15.6. The van der Waals surface area contributed by atoms with Crippen molar-refractivity contribution in [2.24, 2.45) is 0 Å². The van der Waals surface area contributed by atoms with Crippen molar-refractivity contribution in [2.45, 2.75) is 5.03 Å². The van der Waals surface area contributed by atoms with E-state index in [0.29, 0.717) is 0 Å². The number of methoxy groups -OCH3 is 1. The van der Waals surface area contributed by atoms with Gasteiger partial charge in [0.25, 0.3) is 0 Å². The molecule has 2 aromatic rings. The highest BCUT2D eigenvalue weighted by molar-refractivity contribution is 7.90. The van der Waals surface area contributed by atoms with Gasteiger partial charge < -0.3 is 4.74 Å². The van der Waals surface area contributed by atoms with Crippen LogP contribution in [-0.4, -0.2) is 37.1 Å². The fraction of sp³-hybridized carbons (Fsp3) is 0.200. The van der Waals surface area contributed by atoms with Gasteiger partial charge in [-0.05, 0) is 12.1 Å². The number of hydrogen-bond donors (Lipinski definition) is 0. The van der Waals surface area contributed by atoms with E-state index in [0.717, 1.165) is 13.4 Å².